The number of rotatable bonds is 33. The summed E-state index contributed by atoms with van der Waals surface area (Å²) in [4.78, 5) is 42.6. The zero-order valence-corrected chi connectivity index (χ0v) is 31.3. The van der Waals surface area contributed by atoms with Gasteiger partial charge in [-0.3, -0.25) is 14.1 Å². The average molecular weight is 711 g/mol. The van der Waals surface area contributed by atoms with Gasteiger partial charge in [0.25, 0.3) is 0 Å². The van der Waals surface area contributed by atoms with Gasteiger partial charge in [-0.1, -0.05) is 113 Å². The second-order valence-electron chi connectivity index (χ2n) is 12.3. The molecule has 10 heteroatoms. The first-order valence-corrected chi connectivity index (χ1v) is 20.2. The van der Waals surface area contributed by atoms with E-state index in [0.29, 0.717) is 19.3 Å². The molecule has 0 saturated heterocycles. The Labute approximate surface area is 297 Å². The van der Waals surface area contributed by atoms with Crippen LogP contribution in [0, 0.1) is 0 Å². The van der Waals surface area contributed by atoms with Crippen LogP contribution in [0.2, 0.25) is 0 Å². The molecule has 0 amide bonds. The summed E-state index contributed by atoms with van der Waals surface area (Å²) in [5, 5.41) is 9.53. The van der Waals surface area contributed by atoms with Gasteiger partial charge in [0.1, 0.15) is 6.61 Å². The van der Waals surface area contributed by atoms with E-state index in [2.05, 4.69) is 60.1 Å². The molecule has 0 heterocycles. The van der Waals surface area contributed by atoms with Gasteiger partial charge >= 0.3 is 19.8 Å². The molecule has 282 valence electrons. The standard InChI is InChI=1S/C39H67O9P/c1-3-5-6-7-8-9-10-13-17-20-23-26-29-32-38(41)46-34-37(35-47-49(43,44)45)48-39(42)33-30-27-24-21-18-15-12-11-14-16-19-22-25-28-31-36(40)4-2/h9-10,12,14-16,21-22,24-25,36-37,40H,3-8,11,13,17-20,23,26-35H2,1-2H3,(H2,43,44,45)/b10-9-,15-12-,16-14-,24-21-,25-22-/t36-,37-/m1/s1. The molecule has 2 atom stereocenters. The fourth-order valence-electron chi connectivity index (χ4n) is 4.69. The van der Waals surface area contributed by atoms with Crippen LogP contribution < -0.4 is 0 Å². The number of ether oxygens (including phenoxy) is 2. The number of carbonyl (C=O) groups is 2. The van der Waals surface area contributed by atoms with Gasteiger partial charge in [0.2, 0.25) is 0 Å². The van der Waals surface area contributed by atoms with Gasteiger partial charge in [0, 0.05) is 12.8 Å². The van der Waals surface area contributed by atoms with Crippen LogP contribution >= 0.6 is 7.82 Å². The topological polar surface area (TPSA) is 140 Å². The molecule has 0 unspecified atom stereocenters. The lowest BCUT2D eigenvalue weighted by Crippen LogP contribution is -2.29. The Morgan fingerprint density at radius 1 is 0.612 bits per heavy atom. The zero-order valence-electron chi connectivity index (χ0n) is 30.4. The molecule has 0 aliphatic heterocycles. The molecule has 0 radical (unpaired) electrons. The van der Waals surface area contributed by atoms with Crippen LogP contribution in [-0.2, 0) is 28.2 Å². The number of phosphoric ester groups is 1. The molecular weight excluding hydrogens is 643 g/mol. The summed E-state index contributed by atoms with van der Waals surface area (Å²) >= 11 is 0. The van der Waals surface area contributed by atoms with Crippen LogP contribution in [-0.4, -0.2) is 52.3 Å². The van der Waals surface area contributed by atoms with Crippen LogP contribution in [0.4, 0.5) is 0 Å². The second kappa shape index (κ2) is 34.2. The molecule has 0 fully saturated rings. The van der Waals surface area contributed by atoms with Crippen LogP contribution in [0.15, 0.2) is 60.8 Å². The Morgan fingerprint density at radius 2 is 1.10 bits per heavy atom. The first-order chi connectivity index (χ1) is 23.7. The fourth-order valence-corrected chi connectivity index (χ4v) is 5.05. The normalized spacial score (nSPS) is 13.8. The highest BCUT2D eigenvalue weighted by molar-refractivity contribution is 7.46. The summed E-state index contributed by atoms with van der Waals surface area (Å²) in [5.41, 5.74) is 0. The van der Waals surface area contributed by atoms with E-state index in [4.69, 9.17) is 19.3 Å². The SMILES string of the molecule is CCCCCC/C=C\CCCCCCCC(=O)OC[C@H](COP(=O)(O)O)OC(=O)CCC/C=C\C/C=C\C/C=C\C/C=C\CC[C@H](O)CC. The Balaban J connectivity index is 4.12. The van der Waals surface area contributed by atoms with Crippen molar-refractivity contribution in [2.45, 2.75) is 161 Å². The number of esters is 2. The van der Waals surface area contributed by atoms with Gasteiger partial charge in [-0.2, -0.15) is 0 Å². The highest BCUT2D eigenvalue weighted by Gasteiger charge is 2.22. The monoisotopic (exact) mass is 710 g/mol. The molecule has 9 nitrogen and oxygen atoms in total. The van der Waals surface area contributed by atoms with Gasteiger partial charge in [0.15, 0.2) is 6.10 Å². The summed E-state index contributed by atoms with van der Waals surface area (Å²) in [6, 6.07) is 0. The van der Waals surface area contributed by atoms with Crippen molar-refractivity contribution >= 4 is 19.8 Å². The van der Waals surface area contributed by atoms with Crippen molar-refractivity contribution in [3.05, 3.63) is 60.8 Å². The minimum absolute atomic E-state index is 0.119. The minimum Gasteiger partial charge on any atom is -0.462 e. The van der Waals surface area contributed by atoms with Crippen molar-refractivity contribution in [2.24, 2.45) is 0 Å². The van der Waals surface area contributed by atoms with Crippen molar-refractivity contribution in [2.75, 3.05) is 13.2 Å². The molecule has 0 saturated carbocycles. The molecule has 0 aromatic rings. The van der Waals surface area contributed by atoms with Gasteiger partial charge in [-0.15, -0.1) is 0 Å². The first-order valence-electron chi connectivity index (χ1n) is 18.7. The van der Waals surface area contributed by atoms with Crippen LogP contribution in [0.25, 0.3) is 0 Å². The Hall–Kier alpha value is -2.29. The molecule has 0 aromatic heterocycles. The lowest BCUT2D eigenvalue weighted by molar-refractivity contribution is -0.161. The molecule has 49 heavy (non-hydrogen) atoms. The molecular formula is C39H67O9P. The van der Waals surface area contributed by atoms with E-state index < -0.39 is 32.5 Å². The van der Waals surface area contributed by atoms with Crippen molar-refractivity contribution in [3.63, 3.8) is 0 Å². The van der Waals surface area contributed by atoms with E-state index in [-0.39, 0.29) is 25.6 Å². The number of unbranched alkanes of at least 4 members (excludes halogenated alkanes) is 10. The number of aliphatic hydroxyl groups excluding tert-OH is 1. The lowest BCUT2D eigenvalue weighted by Gasteiger charge is -2.18. The molecule has 3 N–H and O–H groups in total. The summed E-state index contributed by atoms with van der Waals surface area (Å²) in [6.45, 7) is 3.31. The smallest absolute Gasteiger partial charge is 0.462 e. The molecule has 0 aliphatic rings. The van der Waals surface area contributed by atoms with E-state index in [9.17, 15) is 19.3 Å². The Bertz CT molecular complexity index is 996. The molecule has 0 aromatic carbocycles. The van der Waals surface area contributed by atoms with Gasteiger partial charge in [-0.25, -0.2) is 4.57 Å². The van der Waals surface area contributed by atoms with E-state index in [1.807, 2.05) is 19.1 Å². The maximum Gasteiger partial charge on any atom is 0.469 e. The van der Waals surface area contributed by atoms with E-state index in [1.54, 1.807) is 0 Å². The molecule has 0 rings (SSSR count). The minimum atomic E-state index is -4.78. The second-order valence-corrected chi connectivity index (χ2v) is 13.6. The van der Waals surface area contributed by atoms with Crippen LogP contribution in [0.3, 0.4) is 0 Å². The average Bonchev–Trinajstić information content (AvgIpc) is 3.07. The maximum absolute atomic E-state index is 12.3. The zero-order chi connectivity index (χ0) is 36.3. The number of allylic oxidation sites excluding steroid dienone is 10. The van der Waals surface area contributed by atoms with Crippen molar-refractivity contribution in [3.8, 4) is 0 Å². The fraction of sp³-hybridized carbons (Fsp3) is 0.692. The quantitative estimate of drug-likeness (QED) is 0.0263. The van der Waals surface area contributed by atoms with Crippen LogP contribution in [0.5, 0.6) is 0 Å². The molecule has 0 spiro atoms. The Morgan fingerprint density at radius 3 is 1.69 bits per heavy atom. The maximum atomic E-state index is 12.3. The van der Waals surface area contributed by atoms with E-state index in [1.165, 1.54) is 25.7 Å². The predicted molar refractivity (Wildman–Crippen MR) is 199 cm³/mol. The summed E-state index contributed by atoms with van der Waals surface area (Å²) in [5.74, 6) is -0.985. The Kier molecular flexibility index (Phi) is 32.6. The molecule has 0 aliphatic carbocycles. The summed E-state index contributed by atoms with van der Waals surface area (Å²) in [6.07, 6.45) is 38.9. The van der Waals surface area contributed by atoms with Gasteiger partial charge < -0.3 is 24.4 Å². The van der Waals surface area contributed by atoms with Crippen LogP contribution in [0.1, 0.15) is 149 Å². The number of aliphatic hydroxyl groups is 1. The van der Waals surface area contributed by atoms with E-state index >= 15 is 0 Å². The highest BCUT2D eigenvalue weighted by atomic mass is 31.2. The third-order valence-electron chi connectivity index (χ3n) is 7.67. The summed E-state index contributed by atoms with van der Waals surface area (Å²) < 4.78 is 26.2. The van der Waals surface area contributed by atoms with E-state index in [0.717, 1.165) is 77.0 Å². The third-order valence-corrected chi connectivity index (χ3v) is 8.16. The number of hydrogen-bond donors (Lipinski definition) is 3. The largest absolute Gasteiger partial charge is 0.469 e. The number of carbonyl (C=O) groups excluding carboxylic acids is 2. The third kappa shape index (κ3) is 36.8. The molecule has 0 bridgehead atoms. The van der Waals surface area contributed by atoms with Crippen molar-refractivity contribution in [1.29, 1.82) is 0 Å². The number of hydrogen-bond acceptors (Lipinski definition) is 7. The lowest BCUT2D eigenvalue weighted by atomic mass is 10.1. The predicted octanol–water partition coefficient (Wildman–Crippen LogP) is 9.92. The summed E-state index contributed by atoms with van der Waals surface area (Å²) in [7, 11) is -4.78. The van der Waals surface area contributed by atoms with Gasteiger partial charge in [0.05, 0.1) is 12.7 Å². The first kappa shape index (κ1) is 46.7. The highest BCUT2D eigenvalue weighted by Crippen LogP contribution is 2.35. The van der Waals surface area contributed by atoms with Gasteiger partial charge in [-0.05, 0) is 83.5 Å². The van der Waals surface area contributed by atoms with Crippen molar-refractivity contribution in [1.82, 2.24) is 0 Å². The number of phosphoric acid groups is 1. The van der Waals surface area contributed by atoms with Crippen molar-refractivity contribution < 1.29 is 43.0 Å².